The molecule has 10 nitrogen and oxygen atoms in total. The van der Waals surface area contributed by atoms with E-state index in [9.17, 15) is 19.8 Å². The number of thiazole rings is 1. The largest absolute Gasteiger partial charge is 0.478 e. The van der Waals surface area contributed by atoms with Gasteiger partial charge in [0.25, 0.3) is 0 Å². The molecule has 0 spiro atoms. The van der Waals surface area contributed by atoms with Crippen LogP contribution in [0.2, 0.25) is 0 Å². The Kier molecular flexibility index (Phi) is 6.52. The monoisotopic (exact) mass is 468 g/mol. The molecule has 0 bridgehead atoms. The van der Waals surface area contributed by atoms with Gasteiger partial charge in [-0.15, -0.1) is 0 Å². The van der Waals surface area contributed by atoms with Gasteiger partial charge in [-0.1, -0.05) is 23.5 Å². The molecule has 1 aliphatic heterocycles. The number of nitrogens with one attached hydrogen (secondary N) is 1. The summed E-state index contributed by atoms with van der Waals surface area (Å²) in [6, 6.07) is 8.40. The molecule has 3 heterocycles. The number of carboxylic acids is 2. The number of anilines is 3. The molecule has 2 aromatic heterocycles. The van der Waals surface area contributed by atoms with Gasteiger partial charge in [-0.2, -0.15) is 4.98 Å². The molecule has 3 N–H and O–H groups in total. The van der Waals surface area contributed by atoms with E-state index in [1.54, 1.807) is 19.1 Å². The van der Waals surface area contributed by atoms with Crippen molar-refractivity contribution < 1.29 is 19.8 Å². The molecule has 3 aromatic rings. The lowest BCUT2D eigenvalue weighted by molar-refractivity contribution is 0.0688. The van der Waals surface area contributed by atoms with Gasteiger partial charge in [0.1, 0.15) is 10.7 Å². The summed E-state index contributed by atoms with van der Waals surface area (Å²) in [5.74, 6) is -0.977. The van der Waals surface area contributed by atoms with Crippen molar-refractivity contribution in [3.05, 3.63) is 46.5 Å². The molecule has 172 valence electrons. The highest BCUT2D eigenvalue weighted by atomic mass is 32.1. The Morgan fingerprint density at radius 3 is 2.42 bits per heavy atom. The number of rotatable bonds is 6. The van der Waals surface area contributed by atoms with Crippen molar-refractivity contribution in [1.82, 2.24) is 19.9 Å². The SMILES string of the molecule is Cc1nc(Nc2nc(-c3ccc(C(=O)O)cc3)cc(N3CCCN(C)CC3)n2)sc1C(=O)O. The second kappa shape index (κ2) is 9.51. The van der Waals surface area contributed by atoms with Gasteiger partial charge >= 0.3 is 11.9 Å². The maximum absolute atomic E-state index is 11.4. The average Bonchev–Trinajstić information content (AvgIpc) is 3.01. The summed E-state index contributed by atoms with van der Waals surface area (Å²) in [4.78, 5) is 40.8. The highest BCUT2D eigenvalue weighted by Crippen LogP contribution is 2.28. The van der Waals surface area contributed by atoms with Crippen molar-refractivity contribution in [1.29, 1.82) is 0 Å². The predicted octanol–water partition coefficient (Wildman–Crippen LogP) is 3.19. The number of carbonyl (C=O) groups is 2. The Morgan fingerprint density at radius 1 is 1.00 bits per heavy atom. The zero-order valence-corrected chi connectivity index (χ0v) is 19.1. The molecule has 0 radical (unpaired) electrons. The van der Waals surface area contributed by atoms with E-state index in [4.69, 9.17) is 0 Å². The van der Waals surface area contributed by atoms with E-state index in [2.05, 4.69) is 37.1 Å². The number of aromatic nitrogens is 3. The molecule has 0 unspecified atom stereocenters. The Hall–Kier alpha value is -3.57. The first-order valence-corrected chi connectivity index (χ1v) is 11.3. The van der Waals surface area contributed by atoms with Crippen LogP contribution in [0.5, 0.6) is 0 Å². The molecule has 4 rings (SSSR count). The Morgan fingerprint density at radius 2 is 1.76 bits per heavy atom. The van der Waals surface area contributed by atoms with Crippen molar-refractivity contribution in [2.45, 2.75) is 13.3 Å². The molecule has 0 amide bonds. The second-order valence-electron chi connectivity index (χ2n) is 7.83. The summed E-state index contributed by atoms with van der Waals surface area (Å²) in [5, 5.41) is 22.0. The maximum Gasteiger partial charge on any atom is 0.347 e. The van der Waals surface area contributed by atoms with Crippen LogP contribution in [0.4, 0.5) is 16.9 Å². The lowest BCUT2D eigenvalue weighted by Gasteiger charge is -2.22. The summed E-state index contributed by atoms with van der Waals surface area (Å²) in [6.45, 7) is 5.21. The molecular weight excluding hydrogens is 444 g/mol. The molecule has 1 fully saturated rings. The summed E-state index contributed by atoms with van der Waals surface area (Å²) in [5.41, 5.74) is 2.00. The van der Waals surface area contributed by atoms with Crippen LogP contribution in [0.1, 0.15) is 32.1 Å². The first-order valence-electron chi connectivity index (χ1n) is 10.4. The van der Waals surface area contributed by atoms with Gasteiger partial charge in [-0.05, 0) is 39.1 Å². The molecule has 1 aliphatic rings. The summed E-state index contributed by atoms with van der Waals surface area (Å²) < 4.78 is 0. The molecular formula is C22H24N6O4S. The first kappa shape index (κ1) is 22.6. The van der Waals surface area contributed by atoms with Gasteiger partial charge in [0.2, 0.25) is 5.95 Å². The zero-order valence-electron chi connectivity index (χ0n) is 18.3. The number of hydrogen-bond donors (Lipinski definition) is 3. The van der Waals surface area contributed by atoms with Gasteiger partial charge < -0.3 is 20.0 Å². The molecule has 1 saturated heterocycles. The fourth-order valence-corrected chi connectivity index (χ4v) is 4.40. The van der Waals surface area contributed by atoms with E-state index >= 15 is 0 Å². The fourth-order valence-electron chi connectivity index (χ4n) is 3.60. The van der Waals surface area contributed by atoms with E-state index < -0.39 is 11.9 Å². The van der Waals surface area contributed by atoms with Crippen LogP contribution in [0.15, 0.2) is 30.3 Å². The lowest BCUT2D eigenvalue weighted by Crippen LogP contribution is -2.29. The van der Waals surface area contributed by atoms with Crippen LogP contribution in [0, 0.1) is 6.92 Å². The third kappa shape index (κ3) is 5.26. The van der Waals surface area contributed by atoms with E-state index in [1.165, 1.54) is 12.1 Å². The van der Waals surface area contributed by atoms with Crippen LogP contribution >= 0.6 is 11.3 Å². The van der Waals surface area contributed by atoms with Gasteiger partial charge in [0.05, 0.1) is 17.0 Å². The van der Waals surface area contributed by atoms with Gasteiger partial charge in [-0.3, -0.25) is 5.32 Å². The molecule has 11 heteroatoms. The lowest BCUT2D eigenvalue weighted by atomic mass is 10.1. The normalized spacial score (nSPS) is 14.7. The Bertz CT molecular complexity index is 1180. The highest BCUT2D eigenvalue weighted by molar-refractivity contribution is 7.17. The van der Waals surface area contributed by atoms with Crippen LogP contribution in [0.3, 0.4) is 0 Å². The minimum absolute atomic E-state index is 0.161. The van der Waals surface area contributed by atoms with Crippen molar-refractivity contribution in [3.8, 4) is 11.3 Å². The Balaban J connectivity index is 1.71. The highest BCUT2D eigenvalue weighted by Gasteiger charge is 2.19. The molecule has 0 aliphatic carbocycles. The van der Waals surface area contributed by atoms with E-state index in [-0.39, 0.29) is 10.4 Å². The van der Waals surface area contributed by atoms with Crippen LogP contribution < -0.4 is 10.2 Å². The minimum Gasteiger partial charge on any atom is -0.478 e. The Labute approximate surface area is 194 Å². The maximum atomic E-state index is 11.4. The van der Waals surface area contributed by atoms with Crippen LogP contribution in [-0.4, -0.2) is 75.2 Å². The van der Waals surface area contributed by atoms with E-state index in [0.717, 1.165) is 55.3 Å². The number of hydrogen-bond acceptors (Lipinski definition) is 9. The predicted molar refractivity (Wildman–Crippen MR) is 126 cm³/mol. The van der Waals surface area contributed by atoms with E-state index in [1.807, 2.05) is 6.07 Å². The average molecular weight is 469 g/mol. The van der Waals surface area contributed by atoms with Gasteiger partial charge in [0, 0.05) is 31.3 Å². The van der Waals surface area contributed by atoms with Crippen molar-refractivity contribution in [3.63, 3.8) is 0 Å². The molecule has 0 saturated carbocycles. The standard InChI is InChI=1S/C22H24N6O4S/c1-13-18(20(31)32)33-22(23-13)26-21-24-16(14-4-6-15(7-5-14)19(29)30)12-17(25-21)28-9-3-8-27(2)10-11-28/h4-7,12H,3,8-11H2,1-2H3,(H,29,30)(H,31,32)(H,23,24,25,26). The van der Waals surface area contributed by atoms with E-state index in [0.29, 0.717) is 22.5 Å². The molecule has 1 aromatic carbocycles. The fraction of sp³-hybridized carbons (Fsp3) is 0.318. The smallest absolute Gasteiger partial charge is 0.347 e. The molecule has 33 heavy (non-hydrogen) atoms. The number of aromatic carboxylic acids is 2. The number of benzene rings is 1. The van der Waals surface area contributed by atoms with Crippen LogP contribution in [-0.2, 0) is 0 Å². The van der Waals surface area contributed by atoms with Crippen molar-refractivity contribution >= 4 is 40.2 Å². The topological polar surface area (TPSA) is 132 Å². The van der Waals surface area contributed by atoms with Gasteiger partial charge in [0.15, 0.2) is 5.13 Å². The van der Waals surface area contributed by atoms with Gasteiger partial charge in [-0.25, -0.2) is 19.6 Å². The minimum atomic E-state index is -1.03. The number of aryl methyl sites for hydroxylation is 1. The van der Waals surface area contributed by atoms with Crippen LogP contribution in [0.25, 0.3) is 11.3 Å². The first-order chi connectivity index (χ1) is 15.8. The third-order valence-corrected chi connectivity index (χ3v) is 6.45. The summed E-state index contributed by atoms with van der Waals surface area (Å²) in [7, 11) is 2.09. The quantitative estimate of drug-likeness (QED) is 0.495. The number of carboxylic acid groups (broad SMARTS) is 2. The van der Waals surface area contributed by atoms with Crippen molar-refractivity contribution in [2.24, 2.45) is 0 Å². The third-order valence-electron chi connectivity index (χ3n) is 5.39. The second-order valence-corrected chi connectivity index (χ2v) is 8.82. The summed E-state index contributed by atoms with van der Waals surface area (Å²) >= 11 is 1.03. The number of likely N-dealkylation sites (N-methyl/N-ethyl adjacent to an activating group) is 1. The molecule has 0 atom stereocenters. The summed E-state index contributed by atoms with van der Waals surface area (Å²) in [6.07, 6.45) is 1.000. The zero-order chi connectivity index (χ0) is 23.5. The van der Waals surface area contributed by atoms with Crippen molar-refractivity contribution in [2.75, 3.05) is 43.4 Å². The number of nitrogens with zero attached hydrogens (tertiary/aromatic N) is 5.